The van der Waals surface area contributed by atoms with E-state index in [0.29, 0.717) is 19.7 Å². The maximum Gasteiger partial charge on any atom is 0.236 e. The standard InChI is InChI=1S/C19H26N4O2/c1-16-6-3-4-7-17(16)12-21(2)19(24)15-22-10-11-25-18(13-22)14-23-9-5-8-20-23/h3-9,18H,10-15H2,1-2H3. The molecule has 1 aliphatic heterocycles. The molecule has 6 nitrogen and oxygen atoms in total. The normalized spacial score (nSPS) is 18.2. The smallest absolute Gasteiger partial charge is 0.236 e. The maximum absolute atomic E-state index is 12.6. The molecule has 1 amide bonds. The molecule has 2 heterocycles. The molecule has 1 saturated heterocycles. The van der Waals surface area contributed by atoms with E-state index in [1.807, 2.05) is 36.1 Å². The average Bonchev–Trinajstić information content (AvgIpc) is 3.10. The van der Waals surface area contributed by atoms with Gasteiger partial charge in [0.25, 0.3) is 0 Å². The number of likely N-dealkylation sites (N-methyl/N-ethyl adjacent to an activating group) is 1. The summed E-state index contributed by atoms with van der Waals surface area (Å²) >= 11 is 0. The average molecular weight is 342 g/mol. The number of hydrogen-bond acceptors (Lipinski definition) is 4. The second-order valence-electron chi connectivity index (χ2n) is 6.63. The Bertz CT molecular complexity index is 686. The van der Waals surface area contributed by atoms with Gasteiger partial charge in [-0.15, -0.1) is 0 Å². The van der Waals surface area contributed by atoms with Crippen molar-refractivity contribution >= 4 is 5.91 Å². The minimum absolute atomic E-state index is 0.0723. The topological polar surface area (TPSA) is 50.6 Å². The van der Waals surface area contributed by atoms with Crippen LogP contribution in [0.3, 0.4) is 0 Å². The van der Waals surface area contributed by atoms with E-state index >= 15 is 0 Å². The number of benzene rings is 1. The number of nitrogens with zero attached hydrogens (tertiary/aromatic N) is 4. The van der Waals surface area contributed by atoms with Crippen molar-refractivity contribution in [2.75, 3.05) is 33.3 Å². The lowest BCUT2D eigenvalue weighted by atomic mass is 10.1. The molecule has 134 valence electrons. The summed E-state index contributed by atoms with van der Waals surface area (Å²) in [7, 11) is 1.87. The minimum Gasteiger partial charge on any atom is -0.374 e. The van der Waals surface area contributed by atoms with Gasteiger partial charge in [0.05, 0.1) is 25.8 Å². The van der Waals surface area contributed by atoms with Crippen LogP contribution >= 0.6 is 0 Å². The fraction of sp³-hybridized carbons (Fsp3) is 0.474. The van der Waals surface area contributed by atoms with Gasteiger partial charge in [0.15, 0.2) is 0 Å². The second kappa shape index (κ2) is 8.27. The summed E-state index contributed by atoms with van der Waals surface area (Å²) in [5.74, 6) is 0.142. The van der Waals surface area contributed by atoms with Gasteiger partial charge in [-0.05, 0) is 24.1 Å². The Morgan fingerprint density at radius 1 is 1.36 bits per heavy atom. The zero-order valence-corrected chi connectivity index (χ0v) is 15.0. The van der Waals surface area contributed by atoms with Crippen LogP contribution in [0.1, 0.15) is 11.1 Å². The predicted molar refractivity (Wildman–Crippen MR) is 96.1 cm³/mol. The van der Waals surface area contributed by atoms with Gasteiger partial charge in [-0.2, -0.15) is 5.10 Å². The summed E-state index contributed by atoms with van der Waals surface area (Å²) in [5.41, 5.74) is 2.41. The largest absolute Gasteiger partial charge is 0.374 e. The summed E-state index contributed by atoms with van der Waals surface area (Å²) in [4.78, 5) is 16.6. The van der Waals surface area contributed by atoms with E-state index in [-0.39, 0.29) is 12.0 Å². The van der Waals surface area contributed by atoms with Crippen LogP contribution in [-0.4, -0.2) is 64.9 Å². The van der Waals surface area contributed by atoms with Gasteiger partial charge in [0, 0.05) is 39.1 Å². The number of morpholine rings is 1. The summed E-state index contributed by atoms with van der Waals surface area (Å²) < 4.78 is 7.68. The molecule has 2 aromatic rings. The lowest BCUT2D eigenvalue weighted by Gasteiger charge is -2.33. The number of ether oxygens (including phenoxy) is 1. The van der Waals surface area contributed by atoms with Crippen LogP contribution in [0.2, 0.25) is 0 Å². The summed E-state index contributed by atoms with van der Waals surface area (Å²) in [6.45, 7) is 6.07. The molecule has 25 heavy (non-hydrogen) atoms. The van der Waals surface area contributed by atoms with Crippen molar-refractivity contribution in [3.63, 3.8) is 0 Å². The summed E-state index contributed by atoms with van der Waals surface area (Å²) in [6, 6.07) is 10.1. The molecule has 0 spiro atoms. The Balaban J connectivity index is 1.50. The van der Waals surface area contributed by atoms with Crippen LogP contribution in [0.4, 0.5) is 0 Å². The highest BCUT2D eigenvalue weighted by Gasteiger charge is 2.23. The molecule has 1 unspecified atom stereocenters. The van der Waals surface area contributed by atoms with Gasteiger partial charge < -0.3 is 9.64 Å². The lowest BCUT2D eigenvalue weighted by molar-refractivity contribution is -0.133. The molecule has 0 saturated carbocycles. The van der Waals surface area contributed by atoms with Crippen molar-refractivity contribution in [3.05, 3.63) is 53.9 Å². The first kappa shape index (κ1) is 17.6. The van der Waals surface area contributed by atoms with Gasteiger partial charge in [-0.1, -0.05) is 24.3 Å². The molecular weight excluding hydrogens is 316 g/mol. The van der Waals surface area contributed by atoms with Crippen molar-refractivity contribution < 1.29 is 9.53 Å². The lowest BCUT2D eigenvalue weighted by Crippen LogP contribution is -2.48. The number of amides is 1. The molecule has 3 rings (SSSR count). The SMILES string of the molecule is Cc1ccccc1CN(C)C(=O)CN1CCOC(Cn2cccn2)C1. The first-order valence-electron chi connectivity index (χ1n) is 8.71. The van der Waals surface area contributed by atoms with Gasteiger partial charge in [0.1, 0.15) is 0 Å². The highest BCUT2D eigenvalue weighted by atomic mass is 16.5. The monoisotopic (exact) mass is 342 g/mol. The predicted octanol–water partition coefficient (Wildman–Crippen LogP) is 1.55. The Kier molecular flexibility index (Phi) is 5.83. The molecule has 1 aromatic carbocycles. The molecule has 0 aliphatic carbocycles. The number of aromatic nitrogens is 2. The Hall–Kier alpha value is -2.18. The van der Waals surface area contributed by atoms with Crippen molar-refractivity contribution in [3.8, 4) is 0 Å². The second-order valence-corrected chi connectivity index (χ2v) is 6.63. The minimum atomic E-state index is 0.0723. The Morgan fingerprint density at radius 2 is 2.20 bits per heavy atom. The molecule has 6 heteroatoms. The maximum atomic E-state index is 12.6. The third-order valence-electron chi connectivity index (χ3n) is 4.63. The van der Waals surface area contributed by atoms with Gasteiger partial charge in [-0.3, -0.25) is 14.4 Å². The third-order valence-corrected chi connectivity index (χ3v) is 4.63. The number of hydrogen-bond donors (Lipinski definition) is 0. The molecule has 0 radical (unpaired) electrons. The number of rotatable bonds is 6. The molecule has 1 atom stereocenters. The van der Waals surface area contributed by atoms with E-state index in [1.54, 1.807) is 11.1 Å². The highest BCUT2D eigenvalue weighted by Crippen LogP contribution is 2.11. The number of carbonyl (C=O) groups excluding carboxylic acids is 1. The fourth-order valence-corrected chi connectivity index (χ4v) is 3.09. The first-order chi connectivity index (χ1) is 12.1. The van der Waals surface area contributed by atoms with Crippen LogP contribution in [0.25, 0.3) is 0 Å². The van der Waals surface area contributed by atoms with Gasteiger partial charge in [0.2, 0.25) is 5.91 Å². The number of carbonyl (C=O) groups is 1. The molecule has 1 aliphatic rings. The van der Waals surface area contributed by atoms with Crippen molar-refractivity contribution in [2.24, 2.45) is 0 Å². The van der Waals surface area contributed by atoms with E-state index in [1.165, 1.54) is 11.1 Å². The van der Waals surface area contributed by atoms with E-state index in [2.05, 4.69) is 29.1 Å². The van der Waals surface area contributed by atoms with Gasteiger partial charge in [-0.25, -0.2) is 0 Å². The quantitative estimate of drug-likeness (QED) is 0.799. The van der Waals surface area contributed by atoms with Gasteiger partial charge >= 0.3 is 0 Å². The van der Waals surface area contributed by atoms with E-state index in [4.69, 9.17) is 4.74 Å². The molecule has 1 aromatic heterocycles. The fourth-order valence-electron chi connectivity index (χ4n) is 3.09. The molecule has 0 N–H and O–H groups in total. The van der Waals surface area contributed by atoms with Crippen molar-refractivity contribution in [1.82, 2.24) is 19.6 Å². The third kappa shape index (κ3) is 4.90. The van der Waals surface area contributed by atoms with E-state index in [0.717, 1.165) is 19.6 Å². The summed E-state index contributed by atoms with van der Waals surface area (Å²) in [6.07, 6.45) is 3.77. The molecule has 1 fully saturated rings. The van der Waals surface area contributed by atoms with Crippen molar-refractivity contribution in [2.45, 2.75) is 26.1 Å². The van der Waals surface area contributed by atoms with Crippen molar-refractivity contribution in [1.29, 1.82) is 0 Å². The van der Waals surface area contributed by atoms with Crippen LogP contribution in [0.5, 0.6) is 0 Å². The Morgan fingerprint density at radius 3 is 2.96 bits per heavy atom. The zero-order valence-electron chi connectivity index (χ0n) is 15.0. The van der Waals surface area contributed by atoms with Crippen LogP contribution in [-0.2, 0) is 22.6 Å². The van der Waals surface area contributed by atoms with Crippen LogP contribution in [0, 0.1) is 6.92 Å². The van der Waals surface area contributed by atoms with E-state index in [9.17, 15) is 4.79 Å². The zero-order chi connectivity index (χ0) is 17.6. The molecular formula is C19H26N4O2. The number of aryl methyl sites for hydroxylation is 1. The molecule has 0 bridgehead atoms. The summed E-state index contributed by atoms with van der Waals surface area (Å²) in [5, 5.41) is 4.22. The van der Waals surface area contributed by atoms with Crippen LogP contribution in [0.15, 0.2) is 42.7 Å². The van der Waals surface area contributed by atoms with Crippen LogP contribution < -0.4 is 0 Å². The van der Waals surface area contributed by atoms with E-state index < -0.39 is 0 Å². The highest BCUT2D eigenvalue weighted by molar-refractivity contribution is 5.78. The first-order valence-corrected chi connectivity index (χ1v) is 8.71. The Labute approximate surface area is 149 Å².